The molecule has 1 heterocycles. The van der Waals surface area contributed by atoms with E-state index in [4.69, 9.17) is 9.15 Å². The maximum Gasteiger partial charge on any atom is 0.185 e. The summed E-state index contributed by atoms with van der Waals surface area (Å²) < 4.78 is 10.9. The summed E-state index contributed by atoms with van der Waals surface area (Å²) in [5.74, 6) is 1.86. The third-order valence-electron chi connectivity index (χ3n) is 3.25. The van der Waals surface area contributed by atoms with Gasteiger partial charge in [-0.1, -0.05) is 6.07 Å². The van der Waals surface area contributed by atoms with Crippen LogP contribution in [0.15, 0.2) is 34.7 Å². The topological polar surface area (TPSA) is 39.4 Å². The fourth-order valence-electron chi connectivity index (χ4n) is 2.33. The molecule has 0 fully saturated rings. The van der Waals surface area contributed by atoms with Gasteiger partial charge in [0.15, 0.2) is 12.0 Å². The smallest absolute Gasteiger partial charge is 0.185 e. The number of ether oxygens (including phenoxy) is 1. The van der Waals surface area contributed by atoms with Crippen molar-refractivity contribution in [2.75, 3.05) is 0 Å². The summed E-state index contributed by atoms with van der Waals surface area (Å²) in [5, 5.41) is 0. The van der Waals surface area contributed by atoms with E-state index < -0.39 is 0 Å². The van der Waals surface area contributed by atoms with Crippen molar-refractivity contribution in [2.24, 2.45) is 0 Å². The zero-order valence-electron chi connectivity index (χ0n) is 10.0. The highest BCUT2D eigenvalue weighted by atomic mass is 16.5. The molecule has 3 rings (SSSR count). The molecule has 0 spiro atoms. The van der Waals surface area contributed by atoms with Crippen molar-refractivity contribution >= 4 is 6.29 Å². The molecule has 0 N–H and O–H groups in total. The van der Waals surface area contributed by atoms with Crippen LogP contribution in [-0.4, -0.2) is 6.29 Å². The fraction of sp³-hybridized carbons (Fsp3) is 0.267. The van der Waals surface area contributed by atoms with Crippen LogP contribution < -0.4 is 4.74 Å². The second-order valence-electron chi connectivity index (χ2n) is 4.49. The number of aryl methyl sites for hydroxylation is 2. The predicted molar refractivity (Wildman–Crippen MR) is 66.9 cm³/mol. The van der Waals surface area contributed by atoms with Gasteiger partial charge in [0, 0.05) is 0 Å². The summed E-state index contributed by atoms with van der Waals surface area (Å²) in [4.78, 5) is 10.5. The van der Waals surface area contributed by atoms with E-state index >= 15 is 0 Å². The predicted octanol–water partition coefficient (Wildman–Crippen LogP) is 3.16. The quantitative estimate of drug-likeness (QED) is 0.773. The molecule has 0 aliphatic heterocycles. The summed E-state index contributed by atoms with van der Waals surface area (Å²) in [6, 6.07) is 9.64. The number of benzene rings is 1. The van der Waals surface area contributed by atoms with E-state index in [1.165, 1.54) is 24.0 Å². The standard InChI is InChI=1S/C15H14O3/c16-9-14-6-7-15(18-14)10-17-13-5-4-11-2-1-3-12(11)8-13/h4-9H,1-3,10H2. The third kappa shape index (κ3) is 2.16. The van der Waals surface area contributed by atoms with Crippen LogP contribution in [-0.2, 0) is 19.4 Å². The Bertz CT molecular complexity index is 569. The number of hydrogen-bond donors (Lipinski definition) is 0. The minimum atomic E-state index is 0.336. The summed E-state index contributed by atoms with van der Waals surface area (Å²) in [6.07, 6.45) is 4.25. The first kappa shape index (κ1) is 11.1. The highest BCUT2D eigenvalue weighted by Crippen LogP contribution is 2.26. The average Bonchev–Trinajstić information content (AvgIpc) is 3.04. The van der Waals surface area contributed by atoms with Gasteiger partial charge < -0.3 is 9.15 Å². The second kappa shape index (κ2) is 4.69. The molecule has 1 aromatic heterocycles. The van der Waals surface area contributed by atoms with Gasteiger partial charge in [-0.2, -0.15) is 0 Å². The van der Waals surface area contributed by atoms with Crippen molar-refractivity contribution in [1.82, 2.24) is 0 Å². The van der Waals surface area contributed by atoms with Gasteiger partial charge in [0.2, 0.25) is 0 Å². The highest BCUT2D eigenvalue weighted by molar-refractivity contribution is 5.70. The van der Waals surface area contributed by atoms with Gasteiger partial charge in [0.25, 0.3) is 0 Å². The lowest BCUT2D eigenvalue weighted by Crippen LogP contribution is -1.94. The van der Waals surface area contributed by atoms with Crippen molar-refractivity contribution in [3.05, 3.63) is 53.0 Å². The second-order valence-corrected chi connectivity index (χ2v) is 4.49. The van der Waals surface area contributed by atoms with Crippen LogP contribution in [0.25, 0.3) is 0 Å². The molecule has 1 aliphatic rings. The number of aldehydes is 1. The zero-order chi connectivity index (χ0) is 12.4. The Kier molecular flexibility index (Phi) is 2.89. The normalized spacial score (nSPS) is 13.3. The SMILES string of the molecule is O=Cc1ccc(COc2ccc3c(c2)CCC3)o1. The van der Waals surface area contributed by atoms with Crippen LogP contribution in [0.4, 0.5) is 0 Å². The van der Waals surface area contributed by atoms with Crippen molar-refractivity contribution < 1.29 is 13.9 Å². The van der Waals surface area contributed by atoms with E-state index in [2.05, 4.69) is 12.1 Å². The molecule has 18 heavy (non-hydrogen) atoms. The fourth-order valence-corrected chi connectivity index (χ4v) is 2.33. The number of rotatable bonds is 4. The maximum atomic E-state index is 10.5. The Morgan fingerprint density at radius 3 is 2.89 bits per heavy atom. The van der Waals surface area contributed by atoms with Crippen molar-refractivity contribution in [3.8, 4) is 5.75 Å². The van der Waals surface area contributed by atoms with Crippen LogP contribution in [0.1, 0.15) is 33.9 Å². The molecule has 0 saturated heterocycles. The van der Waals surface area contributed by atoms with Crippen molar-refractivity contribution in [2.45, 2.75) is 25.9 Å². The molecule has 3 heteroatoms. The Labute approximate surface area is 105 Å². The zero-order valence-corrected chi connectivity index (χ0v) is 10.0. The molecule has 0 unspecified atom stereocenters. The summed E-state index contributed by atoms with van der Waals surface area (Å²) in [7, 11) is 0. The molecule has 92 valence electrons. The lowest BCUT2D eigenvalue weighted by Gasteiger charge is -2.06. The van der Waals surface area contributed by atoms with E-state index in [0.717, 1.165) is 12.2 Å². The number of fused-ring (bicyclic) bond motifs is 1. The molecule has 0 bridgehead atoms. The molecular weight excluding hydrogens is 228 g/mol. The van der Waals surface area contributed by atoms with E-state index in [-0.39, 0.29) is 0 Å². The Morgan fingerprint density at radius 1 is 1.17 bits per heavy atom. The van der Waals surface area contributed by atoms with E-state index in [0.29, 0.717) is 24.4 Å². The van der Waals surface area contributed by atoms with Gasteiger partial charge in [-0.25, -0.2) is 0 Å². The molecule has 0 radical (unpaired) electrons. The van der Waals surface area contributed by atoms with Gasteiger partial charge in [-0.05, 0) is 54.7 Å². The first-order valence-electron chi connectivity index (χ1n) is 6.13. The number of carbonyl (C=O) groups excluding carboxylic acids is 1. The molecule has 1 aromatic carbocycles. The van der Waals surface area contributed by atoms with E-state index in [9.17, 15) is 4.79 Å². The van der Waals surface area contributed by atoms with Gasteiger partial charge >= 0.3 is 0 Å². The molecule has 0 amide bonds. The minimum absolute atomic E-state index is 0.336. The molecule has 0 saturated carbocycles. The van der Waals surface area contributed by atoms with Gasteiger partial charge in [-0.15, -0.1) is 0 Å². The molecule has 0 atom stereocenters. The molecule has 3 nitrogen and oxygen atoms in total. The number of carbonyl (C=O) groups is 1. The molecule has 1 aliphatic carbocycles. The lowest BCUT2D eigenvalue weighted by atomic mass is 10.1. The molecule has 2 aromatic rings. The monoisotopic (exact) mass is 242 g/mol. The van der Waals surface area contributed by atoms with Crippen LogP contribution >= 0.6 is 0 Å². The summed E-state index contributed by atoms with van der Waals surface area (Å²) in [5.41, 5.74) is 2.82. The summed E-state index contributed by atoms with van der Waals surface area (Å²) in [6.45, 7) is 0.354. The van der Waals surface area contributed by atoms with Gasteiger partial charge in [0.05, 0.1) is 0 Å². The van der Waals surface area contributed by atoms with Crippen molar-refractivity contribution in [3.63, 3.8) is 0 Å². The Hall–Kier alpha value is -2.03. The lowest BCUT2D eigenvalue weighted by molar-refractivity contribution is 0.109. The maximum absolute atomic E-state index is 10.5. The van der Waals surface area contributed by atoms with Crippen LogP contribution in [0.5, 0.6) is 5.75 Å². The number of furan rings is 1. The highest BCUT2D eigenvalue weighted by Gasteiger charge is 2.11. The largest absolute Gasteiger partial charge is 0.486 e. The van der Waals surface area contributed by atoms with E-state index in [1.807, 2.05) is 6.07 Å². The summed E-state index contributed by atoms with van der Waals surface area (Å²) >= 11 is 0. The van der Waals surface area contributed by atoms with Crippen LogP contribution in [0.2, 0.25) is 0 Å². The van der Waals surface area contributed by atoms with Gasteiger partial charge in [0.1, 0.15) is 18.1 Å². The Morgan fingerprint density at radius 2 is 2.06 bits per heavy atom. The van der Waals surface area contributed by atoms with Gasteiger partial charge in [-0.3, -0.25) is 4.79 Å². The Balaban J connectivity index is 1.68. The minimum Gasteiger partial charge on any atom is -0.486 e. The van der Waals surface area contributed by atoms with E-state index in [1.54, 1.807) is 12.1 Å². The average molecular weight is 242 g/mol. The first-order valence-corrected chi connectivity index (χ1v) is 6.13. The van der Waals surface area contributed by atoms with Crippen LogP contribution in [0, 0.1) is 0 Å². The van der Waals surface area contributed by atoms with Crippen molar-refractivity contribution in [1.29, 1.82) is 0 Å². The van der Waals surface area contributed by atoms with Crippen LogP contribution in [0.3, 0.4) is 0 Å². The first-order chi connectivity index (χ1) is 8.85. The number of hydrogen-bond acceptors (Lipinski definition) is 3. The third-order valence-corrected chi connectivity index (χ3v) is 3.25. The molecular formula is C15H14O3.